The molecule has 0 saturated carbocycles. The van der Waals surface area contributed by atoms with E-state index >= 15 is 0 Å². The lowest BCUT2D eigenvalue weighted by molar-refractivity contribution is -1.01. The van der Waals surface area contributed by atoms with Crippen LogP contribution in [0.5, 0.6) is 5.75 Å². The Morgan fingerprint density at radius 2 is 1.74 bits per heavy atom. The number of rotatable bonds is 6. The normalized spacial score (nSPS) is 23.3. The Hall–Kier alpha value is -1.06. The quantitative estimate of drug-likeness (QED) is 0.680. The minimum atomic E-state index is 0.836. The molecule has 0 spiro atoms. The number of piperazine rings is 1. The lowest BCUT2D eigenvalue weighted by atomic mass is 10.2. The van der Waals surface area contributed by atoms with Crippen molar-refractivity contribution in [2.75, 3.05) is 39.8 Å². The van der Waals surface area contributed by atoms with Crippen molar-refractivity contribution in [2.45, 2.75) is 26.3 Å². The van der Waals surface area contributed by atoms with Crippen LogP contribution in [-0.4, -0.2) is 39.8 Å². The second-order valence-electron chi connectivity index (χ2n) is 5.73. The number of hydrogen-bond donors (Lipinski definition) is 2. The number of benzene rings is 1. The summed E-state index contributed by atoms with van der Waals surface area (Å²) < 4.78 is 5.70. The minimum Gasteiger partial charge on any atom is -0.494 e. The second-order valence-corrected chi connectivity index (χ2v) is 5.73. The van der Waals surface area contributed by atoms with Crippen molar-refractivity contribution >= 4 is 0 Å². The first-order chi connectivity index (χ1) is 9.28. The Kier molecular flexibility index (Phi) is 5.67. The number of hydrogen-bond acceptors (Lipinski definition) is 1. The molecule has 1 fully saturated rings. The fourth-order valence-corrected chi connectivity index (χ4v) is 2.53. The molecule has 0 radical (unpaired) electrons. The summed E-state index contributed by atoms with van der Waals surface area (Å²) in [6.45, 7) is 9.36. The second kappa shape index (κ2) is 7.51. The van der Waals surface area contributed by atoms with E-state index in [9.17, 15) is 0 Å². The topological polar surface area (TPSA) is 18.1 Å². The molecule has 106 valence electrons. The Bertz CT molecular complexity index is 356. The molecule has 0 amide bonds. The van der Waals surface area contributed by atoms with Gasteiger partial charge in [-0.05, 0) is 30.7 Å². The van der Waals surface area contributed by atoms with Gasteiger partial charge in [0, 0.05) is 5.56 Å². The van der Waals surface area contributed by atoms with Gasteiger partial charge in [0.15, 0.2) is 0 Å². The van der Waals surface area contributed by atoms with E-state index in [0.29, 0.717) is 0 Å². The standard InChI is InChI=1S/C16H26N2O/c1-3-4-13-19-16-7-5-15(6-8-16)14-18-11-9-17(2)10-12-18/h5-8H,3-4,9-14H2,1-2H3/p+2. The monoisotopic (exact) mass is 264 g/mol. The van der Waals surface area contributed by atoms with Crippen LogP contribution >= 0.6 is 0 Å². The smallest absolute Gasteiger partial charge is 0.127 e. The van der Waals surface area contributed by atoms with Crippen LogP contribution in [0, 0.1) is 0 Å². The van der Waals surface area contributed by atoms with Crippen LogP contribution in [0.25, 0.3) is 0 Å². The van der Waals surface area contributed by atoms with Crippen molar-refractivity contribution in [3.05, 3.63) is 29.8 Å². The van der Waals surface area contributed by atoms with E-state index in [2.05, 4.69) is 38.2 Å². The van der Waals surface area contributed by atoms with E-state index in [0.717, 1.165) is 25.3 Å². The fourth-order valence-electron chi connectivity index (χ4n) is 2.53. The Balaban J connectivity index is 1.78. The molecule has 2 N–H and O–H groups in total. The maximum absolute atomic E-state index is 5.70. The van der Waals surface area contributed by atoms with Crippen LogP contribution in [0.1, 0.15) is 25.3 Å². The maximum Gasteiger partial charge on any atom is 0.127 e. The van der Waals surface area contributed by atoms with Crippen LogP contribution in [0.3, 0.4) is 0 Å². The molecule has 0 bridgehead atoms. The van der Waals surface area contributed by atoms with Crippen molar-refractivity contribution in [1.82, 2.24) is 0 Å². The van der Waals surface area contributed by atoms with Crippen molar-refractivity contribution in [2.24, 2.45) is 0 Å². The van der Waals surface area contributed by atoms with Gasteiger partial charge in [-0.15, -0.1) is 0 Å². The molecule has 2 rings (SSSR count). The van der Waals surface area contributed by atoms with Crippen LogP contribution < -0.4 is 14.5 Å². The van der Waals surface area contributed by atoms with E-state index in [1.54, 1.807) is 9.80 Å². The van der Waals surface area contributed by atoms with Gasteiger partial charge in [-0.2, -0.15) is 0 Å². The van der Waals surface area contributed by atoms with Gasteiger partial charge in [0.1, 0.15) is 38.5 Å². The lowest BCUT2D eigenvalue weighted by Crippen LogP contribution is -3.26. The molecule has 1 heterocycles. The SMILES string of the molecule is CCCCOc1ccc(C[NH+]2CC[NH+](C)CC2)cc1. The van der Waals surface area contributed by atoms with Gasteiger partial charge < -0.3 is 14.5 Å². The molecule has 0 aliphatic carbocycles. The fraction of sp³-hybridized carbons (Fsp3) is 0.625. The summed E-state index contributed by atoms with van der Waals surface area (Å²) in [7, 11) is 2.29. The van der Waals surface area contributed by atoms with Gasteiger partial charge in [0.25, 0.3) is 0 Å². The first-order valence-corrected chi connectivity index (χ1v) is 7.64. The van der Waals surface area contributed by atoms with Crippen LogP contribution in [0.4, 0.5) is 0 Å². The Labute approximate surface area is 117 Å². The molecule has 3 heteroatoms. The zero-order chi connectivity index (χ0) is 13.5. The summed E-state index contributed by atoms with van der Waals surface area (Å²) in [5.41, 5.74) is 1.43. The molecule has 1 saturated heterocycles. The van der Waals surface area contributed by atoms with Crippen molar-refractivity contribution in [3.63, 3.8) is 0 Å². The molecule has 0 aromatic heterocycles. The summed E-state index contributed by atoms with van der Waals surface area (Å²) in [6.07, 6.45) is 2.32. The Morgan fingerprint density at radius 1 is 1.05 bits per heavy atom. The number of unbranched alkanes of at least 4 members (excludes halogenated alkanes) is 1. The number of quaternary nitrogens is 2. The van der Waals surface area contributed by atoms with Crippen LogP contribution in [0.2, 0.25) is 0 Å². The highest BCUT2D eigenvalue weighted by Crippen LogP contribution is 2.12. The molecule has 1 aliphatic rings. The third-order valence-electron chi connectivity index (χ3n) is 3.95. The maximum atomic E-state index is 5.70. The summed E-state index contributed by atoms with van der Waals surface area (Å²) in [6, 6.07) is 8.68. The van der Waals surface area contributed by atoms with Gasteiger partial charge in [-0.25, -0.2) is 0 Å². The molecule has 1 aromatic carbocycles. The van der Waals surface area contributed by atoms with Gasteiger partial charge in [-0.1, -0.05) is 13.3 Å². The highest BCUT2D eigenvalue weighted by Gasteiger charge is 2.19. The van der Waals surface area contributed by atoms with E-state index < -0.39 is 0 Å². The third kappa shape index (κ3) is 4.84. The highest BCUT2D eigenvalue weighted by molar-refractivity contribution is 5.26. The summed E-state index contributed by atoms with van der Waals surface area (Å²) >= 11 is 0. The molecule has 1 aromatic rings. The summed E-state index contributed by atoms with van der Waals surface area (Å²) in [5, 5.41) is 0. The van der Waals surface area contributed by atoms with Crippen LogP contribution in [-0.2, 0) is 6.54 Å². The van der Waals surface area contributed by atoms with Gasteiger partial charge in [0.2, 0.25) is 0 Å². The van der Waals surface area contributed by atoms with Crippen molar-refractivity contribution in [3.8, 4) is 5.75 Å². The first-order valence-electron chi connectivity index (χ1n) is 7.64. The molecular weight excluding hydrogens is 236 g/mol. The predicted octanol–water partition coefficient (Wildman–Crippen LogP) is -0.221. The number of nitrogens with one attached hydrogen (secondary N) is 2. The van der Waals surface area contributed by atoms with Gasteiger partial charge in [-0.3, -0.25) is 0 Å². The van der Waals surface area contributed by atoms with E-state index in [1.807, 2.05) is 0 Å². The molecule has 0 unspecified atom stereocenters. The van der Waals surface area contributed by atoms with Gasteiger partial charge >= 0.3 is 0 Å². The van der Waals surface area contributed by atoms with Crippen molar-refractivity contribution < 1.29 is 14.5 Å². The molecular formula is C16H28N2O+2. The largest absolute Gasteiger partial charge is 0.494 e. The van der Waals surface area contributed by atoms with E-state index in [1.165, 1.54) is 38.2 Å². The average Bonchev–Trinajstić information content (AvgIpc) is 2.44. The van der Waals surface area contributed by atoms with Gasteiger partial charge in [0.05, 0.1) is 13.7 Å². The Morgan fingerprint density at radius 3 is 2.37 bits per heavy atom. The molecule has 19 heavy (non-hydrogen) atoms. The summed E-state index contributed by atoms with van der Waals surface area (Å²) in [4.78, 5) is 3.38. The minimum absolute atomic E-state index is 0.836. The summed E-state index contributed by atoms with van der Waals surface area (Å²) in [5.74, 6) is 1.01. The zero-order valence-corrected chi connectivity index (χ0v) is 12.4. The van der Waals surface area contributed by atoms with E-state index in [4.69, 9.17) is 4.74 Å². The molecule has 0 atom stereocenters. The average molecular weight is 264 g/mol. The number of ether oxygens (including phenoxy) is 1. The number of likely N-dealkylation sites (N-methyl/N-ethyl adjacent to an activating group) is 1. The van der Waals surface area contributed by atoms with Crippen molar-refractivity contribution in [1.29, 1.82) is 0 Å². The first kappa shape index (κ1) is 14.4. The lowest BCUT2D eigenvalue weighted by Gasteiger charge is -2.27. The molecule has 3 nitrogen and oxygen atoms in total. The van der Waals surface area contributed by atoms with E-state index in [-0.39, 0.29) is 0 Å². The molecule has 1 aliphatic heterocycles. The van der Waals surface area contributed by atoms with Crippen LogP contribution in [0.15, 0.2) is 24.3 Å². The third-order valence-corrected chi connectivity index (χ3v) is 3.95. The highest BCUT2D eigenvalue weighted by atomic mass is 16.5. The zero-order valence-electron chi connectivity index (χ0n) is 12.4. The predicted molar refractivity (Wildman–Crippen MR) is 77.9 cm³/mol.